The number of aliphatic hydroxyl groups is 1. The molecule has 0 spiro atoms. The first-order chi connectivity index (χ1) is 66.1. The van der Waals surface area contributed by atoms with Gasteiger partial charge in [-0.2, -0.15) is 0 Å². The number of guanidine groups is 1. The highest BCUT2D eigenvalue weighted by atomic mass is 16.4. The molecule has 0 saturated heterocycles. The molecule has 752 valence electrons. The Balaban J connectivity index is 1.11. The molecule has 7 aromatic rings. The lowest BCUT2D eigenvalue weighted by molar-refractivity contribution is -0.143. The number of aliphatic carboxylic acids is 1. The number of unbranched alkanes of at least 4 members (excludes halogenated alkanes) is 2. The molecule has 16 amide bonds. The SMILES string of the molecule is CC(C)C[C@H](NC(=O)[C@H](CCCCN)NC(=O)[C@H](Cc1ccc(O)cc1)NC(=O)[C@H](Cc1c[nH]c2ccccc12)NC(=O)[C@H](C)NC(=O)[C@H](C)NC(=O)[C@H](Cc1c[nH]c2ccccc12)NC(=O)[C@H](Cc1ccccc1)NC(=O)[C@H](Cc1ccc(O)cc1)NC(=O)[C@H](CCC(N)=O)NC(=O)[C@@H](N)CCCNC(=N)N)C(=O)N[C@@H](C)C(=O)N[C@@H](CC(N)=O)C(=O)N[C@@H](CO)C(=O)N[C@@H](CCCCN)C(=O)O. The zero-order chi connectivity index (χ0) is 102. The lowest BCUT2D eigenvalue weighted by Gasteiger charge is -2.28. The Morgan fingerprint density at radius 3 is 1.12 bits per heavy atom. The number of aromatic hydroxyl groups is 2. The third kappa shape index (κ3) is 36.8. The molecule has 2 heterocycles. The van der Waals surface area contributed by atoms with Gasteiger partial charge in [-0.05, 0) is 168 Å². The second kappa shape index (κ2) is 55.8. The number of carbonyl (C=O) groups excluding carboxylic acids is 16. The smallest absolute Gasteiger partial charge is 0.326 e. The van der Waals surface area contributed by atoms with Crippen LogP contribution in [-0.4, -0.2) is 254 Å². The number of nitrogens with two attached hydrogens (primary N) is 6. The van der Waals surface area contributed by atoms with Gasteiger partial charge in [0, 0.05) is 79.3 Å². The summed E-state index contributed by atoms with van der Waals surface area (Å²) in [5, 5.41) is 87.6. The number of primary amides is 2. The van der Waals surface area contributed by atoms with Gasteiger partial charge in [-0.3, -0.25) is 82.1 Å². The number of carboxylic acids is 1. The largest absolute Gasteiger partial charge is 0.508 e. The predicted octanol–water partition coefficient (Wildman–Crippen LogP) is -3.47. The summed E-state index contributed by atoms with van der Waals surface area (Å²) < 4.78 is 0. The van der Waals surface area contributed by atoms with Crippen molar-refractivity contribution in [1.82, 2.24) is 89.7 Å². The van der Waals surface area contributed by atoms with E-state index in [4.69, 9.17) is 39.8 Å². The molecule has 34 N–H and O–H groups in total. The van der Waals surface area contributed by atoms with Crippen molar-refractivity contribution in [3.05, 3.63) is 168 Å². The Bertz CT molecular complexity index is 5390. The maximum Gasteiger partial charge on any atom is 0.326 e. The molecular weight excluding hydrogens is 1800 g/mol. The molecule has 15 atom stereocenters. The lowest BCUT2D eigenvalue weighted by atomic mass is 10.00. The van der Waals surface area contributed by atoms with Gasteiger partial charge < -0.3 is 145 Å². The van der Waals surface area contributed by atoms with E-state index in [9.17, 15) is 78.0 Å². The molecule has 45 heteroatoms. The summed E-state index contributed by atoms with van der Waals surface area (Å²) >= 11 is 0. The number of phenols is 2. The number of aromatic amines is 2. The maximum absolute atomic E-state index is 15.3. The summed E-state index contributed by atoms with van der Waals surface area (Å²) in [6.45, 7) is 6.75. The number of nitrogens with one attached hydrogen (secondary N) is 18. The zero-order valence-corrected chi connectivity index (χ0v) is 78.1. The van der Waals surface area contributed by atoms with Crippen molar-refractivity contribution in [1.29, 1.82) is 5.41 Å². The van der Waals surface area contributed by atoms with Gasteiger partial charge in [0.1, 0.15) is 96.1 Å². The van der Waals surface area contributed by atoms with Gasteiger partial charge in [-0.25, -0.2) is 4.79 Å². The van der Waals surface area contributed by atoms with Gasteiger partial charge in [-0.15, -0.1) is 0 Å². The number of phenolic OH excluding ortho intramolecular Hbond substituents is 2. The quantitative estimate of drug-likeness (QED) is 0.0100. The Morgan fingerprint density at radius 2 is 0.691 bits per heavy atom. The van der Waals surface area contributed by atoms with Crippen LogP contribution in [0.1, 0.15) is 139 Å². The highest BCUT2D eigenvalue weighted by Gasteiger charge is 2.39. The second-order valence-electron chi connectivity index (χ2n) is 34.4. The van der Waals surface area contributed by atoms with E-state index in [0.717, 1.165) is 0 Å². The molecule has 7 rings (SSSR count). The summed E-state index contributed by atoms with van der Waals surface area (Å²) in [7, 11) is 0. The molecule has 139 heavy (non-hydrogen) atoms. The van der Waals surface area contributed by atoms with Gasteiger partial charge >= 0.3 is 5.97 Å². The van der Waals surface area contributed by atoms with Crippen LogP contribution in [0.5, 0.6) is 11.5 Å². The average molecular weight is 1930 g/mol. The number of para-hydroxylation sites is 2. The van der Waals surface area contributed by atoms with Gasteiger partial charge in [0.15, 0.2) is 5.96 Å². The molecule has 2 aromatic heterocycles. The number of H-pyrrole nitrogens is 2. The third-order valence-electron chi connectivity index (χ3n) is 22.6. The van der Waals surface area contributed by atoms with E-state index in [1.807, 2.05) is 0 Å². The van der Waals surface area contributed by atoms with Gasteiger partial charge in [0.2, 0.25) is 94.5 Å². The van der Waals surface area contributed by atoms with Crippen molar-refractivity contribution < 1.29 is 102 Å². The lowest BCUT2D eigenvalue weighted by Crippen LogP contribution is -2.61. The second-order valence-corrected chi connectivity index (χ2v) is 34.4. The number of aliphatic hydroxyl groups excluding tert-OH is 1. The van der Waals surface area contributed by atoms with Crippen LogP contribution >= 0.6 is 0 Å². The van der Waals surface area contributed by atoms with Crippen LogP contribution in [0, 0.1) is 11.3 Å². The first-order valence-electron chi connectivity index (χ1n) is 45.7. The van der Waals surface area contributed by atoms with Gasteiger partial charge in [0.05, 0.1) is 19.1 Å². The van der Waals surface area contributed by atoms with Crippen LogP contribution in [0.25, 0.3) is 21.8 Å². The molecule has 0 radical (unpaired) electrons. The topological polar surface area (TPSA) is 763 Å². The average Bonchev–Trinajstić information content (AvgIpc) is 1.69. The molecule has 0 aliphatic carbocycles. The zero-order valence-electron chi connectivity index (χ0n) is 78.1. The van der Waals surface area contributed by atoms with Crippen LogP contribution in [0.4, 0.5) is 0 Å². The fourth-order valence-electron chi connectivity index (χ4n) is 14.9. The number of hydrogen-bond donors (Lipinski definition) is 28. The highest BCUT2D eigenvalue weighted by Crippen LogP contribution is 2.24. The first kappa shape index (κ1) is 111. The molecule has 5 aromatic carbocycles. The summed E-state index contributed by atoms with van der Waals surface area (Å²) in [5.74, 6) is -18.0. The minimum absolute atomic E-state index is 0.0445. The number of carboxylic acid groups (broad SMARTS) is 1. The number of benzene rings is 5. The van der Waals surface area contributed by atoms with E-state index in [1.165, 1.54) is 69.3 Å². The molecule has 0 aliphatic heterocycles. The summed E-state index contributed by atoms with van der Waals surface area (Å²) in [6, 6.07) is 10.5. The minimum Gasteiger partial charge on any atom is -0.508 e. The molecule has 0 aliphatic rings. The van der Waals surface area contributed by atoms with E-state index in [1.54, 1.807) is 105 Å². The monoisotopic (exact) mass is 1930 g/mol. The molecule has 0 fully saturated rings. The van der Waals surface area contributed by atoms with Crippen molar-refractivity contribution in [3.63, 3.8) is 0 Å². The van der Waals surface area contributed by atoms with E-state index < -0.39 is 211 Å². The normalized spacial score (nSPS) is 14.4. The number of amides is 16. The van der Waals surface area contributed by atoms with Crippen molar-refractivity contribution in [2.75, 3.05) is 26.2 Å². The van der Waals surface area contributed by atoms with Crippen molar-refractivity contribution in [2.45, 2.75) is 234 Å². The van der Waals surface area contributed by atoms with Gasteiger partial charge in [-0.1, -0.05) is 105 Å². The van der Waals surface area contributed by atoms with Crippen LogP contribution < -0.4 is 114 Å². The van der Waals surface area contributed by atoms with Crippen molar-refractivity contribution >= 4 is 128 Å². The molecular formula is C94H130N24O21. The fourth-order valence-corrected chi connectivity index (χ4v) is 14.9. The Labute approximate surface area is 801 Å². The molecule has 0 bridgehead atoms. The van der Waals surface area contributed by atoms with Crippen LogP contribution in [0.15, 0.2) is 140 Å². The van der Waals surface area contributed by atoms with Crippen LogP contribution in [0.2, 0.25) is 0 Å². The molecule has 45 nitrogen and oxygen atoms in total. The molecule has 0 unspecified atom stereocenters. The summed E-state index contributed by atoms with van der Waals surface area (Å²) in [4.78, 5) is 246. The number of fused-ring (bicyclic) bond motifs is 2. The number of rotatable bonds is 59. The van der Waals surface area contributed by atoms with Gasteiger partial charge in [0.25, 0.3) is 0 Å². The fraction of sp³-hybridized carbons (Fsp3) is 0.447. The summed E-state index contributed by atoms with van der Waals surface area (Å²) in [6.07, 6.45) is 1.66. The van der Waals surface area contributed by atoms with Crippen LogP contribution in [0.3, 0.4) is 0 Å². The van der Waals surface area contributed by atoms with E-state index >= 15 is 24.0 Å². The Hall–Kier alpha value is -15.1. The van der Waals surface area contributed by atoms with Crippen molar-refractivity contribution in [2.24, 2.45) is 40.3 Å². The number of hydrogen-bond acceptors (Lipinski definition) is 24. The molecule has 0 saturated carbocycles. The standard InChI is InChI=1S/C94H130N24O21/c1-50(2)40-69(85(130)107-53(5)81(126)112-75(46-78(99)123)91(136)118-76(49-119)92(137)110-68(93(138)139)26-14-16-38-96)113-83(128)66(25-13-15-37-95)109-87(132)71(42-55-27-31-59(120)32-28-55)116-90(135)74(45-58-48-104-65-24-12-10-21-62(58)65)111-80(125)52(4)105-79(124)51(3)106-86(131)73(44-57-47-103-64-23-11-9-20-61(57)64)117-89(134)70(41-54-18-7-6-8-19-54)115-88(133)72(43-56-29-33-60(121)34-30-56)114-84(129)67(35-36-77(98)122)108-82(127)63(97)22-17-39-102-94(100)101/h6-12,18-21,23-24,27-34,47-48,50-53,63,66-76,103-104,119-121H,13-17,22,25-26,35-46,49,95-97H2,1-5H3,(H2,98,122)(H2,99,123)(H,105,124)(H,106,131)(H,107,130)(H,108,127)(H,109,132)(H,110,137)(H,111,125)(H,112,126)(H,113,128)(H,114,129)(H,115,133)(H,116,135)(H,117,134)(H,118,136)(H,138,139)(H4,100,101,102)/t51-,52-,53-,63-,66-,67-,68-,69-,70-,71-,72-,73-,74-,75-,76-/m0/s1. The predicted molar refractivity (Wildman–Crippen MR) is 511 cm³/mol. The number of carbonyl (C=O) groups is 17. The minimum atomic E-state index is -1.82. The Kier molecular flexibility index (Phi) is 44.5. The van der Waals surface area contributed by atoms with E-state index in [-0.39, 0.29) is 120 Å². The van der Waals surface area contributed by atoms with E-state index in [2.05, 4.69) is 89.7 Å². The highest BCUT2D eigenvalue weighted by molar-refractivity contribution is 6.02. The first-order valence-corrected chi connectivity index (χ1v) is 45.7. The number of aromatic nitrogens is 2. The van der Waals surface area contributed by atoms with Crippen LogP contribution in [-0.2, 0) is 114 Å². The summed E-state index contributed by atoms with van der Waals surface area (Å²) in [5.41, 5.74) is 37.5. The maximum atomic E-state index is 15.3. The Morgan fingerprint density at radius 1 is 0.353 bits per heavy atom. The van der Waals surface area contributed by atoms with Crippen molar-refractivity contribution in [3.8, 4) is 11.5 Å². The van der Waals surface area contributed by atoms with E-state index in [0.29, 0.717) is 68.9 Å². The third-order valence-corrected chi connectivity index (χ3v) is 22.6.